The molecule has 110 valence electrons. The first-order valence-corrected chi connectivity index (χ1v) is 6.82. The highest BCUT2D eigenvalue weighted by atomic mass is 16.6. The lowest BCUT2D eigenvalue weighted by Crippen LogP contribution is -2.39. The summed E-state index contributed by atoms with van der Waals surface area (Å²) in [6.45, 7) is 4.36. The molecule has 2 rings (SSSR count). The third-order valence-corrected chi connectivity index (χ3v) is 4.04. The fraction of sp³-hybridized carbons (Fsp3) is 0.615. The number of rotatable bonds is 4. The normalized spacial score (nSPS) is 21.2. The summed E-state index contributed by atoms with van der Waals surface area (Å²) < 4.78 is 0. The Hall–Kier alpha value is -1.89. The Morgan fingerprint density at radius 2 is 2.20 bits per heavy atom. The van der Waals surface area contributed by atoms with Crippen LogP contribution in [0.5, 0.6) is 0 Å². The summed E-state index contributed by atoms with van der Waals surface area (Å²) in [4.78, 5) is 14.9. The summed E-state index contributed by atoms with van der Waals surface area (Å²) in [6, 6.07) is 3.09. The van der Waals surface area contributed by atoms with E-state index in [-0.39, 0.29) is 23.0 Å². The molecule has 0 spiro atoms. The van der Waals surface area contributed by atoms with Crippen LogP contribution in [-0.4, -0.2) is 15.9 Å². The van der Waals surface area contributed by atoms with Gasteiger partial charge in [-0.2, -0.15) is 0 Å². The van der Waals surface area contributed by atoms with Gasteiger partial charge >= 0.3 is 5.69 Å². The number of nitrogens with two attached hydrogens (primary N) is 1. The number of anilines is 2. The molecule has 1 aromatic rings. The number of nitrogens with zero attached hydrogens (tertiary/aromatic N) is 2. The van der Waals surface area contributed by atoms with Gasteiger partial charge in [0.2, 0.25) is 5.82 Å². The molecule has 7 nitrogen and oxygen atoms in total. The van der Waals surface area contributed by atoms with Gasteiger partial charge in [-0.15, -0.1) is 0 Å². The minimum absolute atomic E-state index is 0.0228. The largest absolute Gasteiger partial charge is 0.361 e. The second-order valence-corrected chi connectivity index (χ2v) is 5.90. The average molecular weight is 279 g/mol. The molecule has 1 aliphatic rings. The molecule has 1 aromatic heterocycles. The summed E-state index contributed by atoms with van der Waals surface area (Å²) in [7, 11) is 0. The molecule has 1 saturated carbocycles. The van der Waals surface area contributed by atoms with E-state index >= 15 is 0 Å². The number of nitro groups is 1. The van der Waals surface area contributed by atoms with Crippen LogP contribution in [0.15, 0.2) is 12.1 Å². The fourth-order valence-electron chi connectivity index (χ4n) is 2.71. The molecule has 1 unspecified atom stereocenters. The third kappa shape index (κ3) is 2.98. The van der Waals surface area contributed by atoms with Crippen LogP contribution in [-0.2, 0) is 0 Å². The van der Waals surface area contributed by atoms with Crippen LogP contribution in [0.2, 0.25) is 0 Å². The Kier molecular flexibility index (Phi) is 4.08. The van der Waals surface area contributed by atoms with E-state index in [0.717, 1.165) is 19.3 Å². The fourth-order valence-corrected chi connectivity index (χ4v) is 2.71. The molecule has 1 fully saturated rings. The number of pyridine rings is 1. The van der Waals surface area contributed by atoms with Crippen LogP contribution in [0.1, 0.15) is 39.5 Å². The molecular weight excluding hydrogens is 258 g/mol. The molecule has 1 heterocycles. The van der Waals surface area contributed by atoms with E-state index in [2.05, 4.69) is 29.6 Å². The number of aromatic nitrogens is 1. The summed E-state index contributed by atoms with van der Waals surface area (Å²) in [5, 5.41) is 14.3. The molecule has 7 heteroatoms. The molecular formula is C13H21N5O2. The van der Waals surface area contributed by atoms with E-state index in [0.29, 0.717) is 5.82 Å². The van der Waals surface area contributed by atoms with Crippen molar-refractivity contribution in [3.05, 3.63) is 22.2 Å². The summed E-state index contributed by atoms with van der Waals surface area (Å²) in [5.74, 6) is 6.01. The SMILES string of the molecule is CC1(C)CCCCC1Nc1nc(NN)ccc1[N+](=O)[O-]. The number of hydrazine groups is 1. The third-order valence-electron chi connectivity index (χ3n) is 4.04. The van der Waals surface area contributed by atoms with Gasteiger partial charge in [-0.05, 0) is 24.3 Å². The van der Waals surface area contributed by atoms with Crippen LogP contribution >= 0.6 is 0 Å². The number of hydrogen-bond donors (Lipinski definition) is 3. The number of nitrogen functional groups attached to an aromatic ring is 1. The Bertz CT molecular complexity index is 504. The van der Waals surface area contributed by atoms with Gasteiger partial charge in [-0.25, -0.2) is 10.8 Å². The van der Waals surface area contributed by atoms with E-state index in [9.17, 15) is 10.1 Å². The highest BCUT2D eigenvalue weighted by Crippen LogP contribution is 2.38. The summed E-state index contributed by atoms with van der Waals surface area (Å²) in [5.41, 5.74) is 2.49. The Morgan fingerprint density at radius 3 is 2.80 bits per heavy atom. The molecule has 1 aliphatic carbocycles. The van der Waals surface area contributed by atoms with E-state index in [1.54, 1.807) is 0 Å². The second kappa shape index (κ2) is 5.62. The van der Waals surface area contributed by atoms with Gasteiger partial charge in [0, 0.05) is 12.1 Å². The van der Waals surface area contributed by atoms with Gasteiger partial charge < -0.3 is 10.7 Å². The molecule has 0 bridgehead atoms. The Balaban J connectivity index is 2.29. The van der Waals surface area contributed by atoms with Gasteiger partial charge in [-0.1, -0.05) is 26.7 Å². The van der Waals surface area contributed by atoms with Gasteiger partial charge in [-0.3, -0.25) is 10.1 Å². The smallest absolute Gasteiger partial charge is 0.311 e. The van der Waals surface area contributed by atoms with E-state index < -0.39 is 4.92 Å². The first-order valence-electron chi connectivity index (χ1n) is 6.82. The van der Waals surface area contributed by atoms with Crippen molar-refractivity contribution >= 4 is 17.3 Å². The lowest BCUT2D eigenvalue weighted by atomic mass is 9.73. The van der Waals surface area contributed by atoms with Crippen molar-refractivity contribution in [2.45, 2.75) is 45.6 Å². The van der Waals surface area contributed by atoms with Crippen LogP contribution in [0.25, 0.3) is 0 Å². The van der Waals surface area contributed by atoms with E-state index in [4.69, 9.17) is 5.84 Å². The van der Waals surface area contributed by atoms with Crippen molar-refractivity contribution in [2.75, 3.05) is 10.7 Å². The van der Waals surface area contributed by atoms with Crippen molar-refractivity contribution in [1.82, 2.24) is 4.98 Å². The highest BCUT2D eigenvalue weighted by Gasteiger charge is 2.33. The standard InChI is InChI=1S/C13H21N5O2/c1-13(2)8-4-3-5-10(13)15-12-9(18(19)20)6-7-11(16-12)17-14/h6-7,10H,3-5,8,14H2,1-2H3,(H2,15,16,17). The van der Waals surface area contributed by atoms with Gasteiger partial charge in [0.05, 0.1) is 4.92 Å². The van der Waals surface area contributed by atoms with Crippen molar-refractivity contribution < 1.29 is 4.92 Å². The van der Waals surface area contributed by atoms with E-state index in [1.807, 2.05) is 0 Å². The van der Waals surface area contributed by atoms with Gasteiger partial charge in [0.1, 0.15) is 5.82 Å². The molecule has 0 aliphatic heterocycles. The minimum Gasteiger partial charge on any atom is -0.361 e. The Morgan fingerprint density at radius 1 is 1.45 bits per heavy atom. The van der Waals surface area contributed by atoms with Crippen molar-refractivity contribution in [1.29, 1.82) is 0 Å². The predicted molar refractivity (Wildman–Crippen MR) is 78.4 cm³/mol. The van der Waals surface area contributed by atoms with Crippen molar-refractivity contribution in [3.63, 3.8) is 0 Å². The Labute approximate surface area is 118 Å². The highest BCUT2D eigenvalue weighted by molar-refractivity contribution is 5.60. The zero-order chi connectivity index (χ0) is 14.8. The van der Waals surface area contributed by atoms with Gasteiger partial charge in [0.25, 0.3) is 0 Å². The van der Waals surface area contributed by atoms with Crippen molar-refractivity contribution in [2.24, 2.45) is 11.3 Å². The maximum Gasteiger partial charge on any atom is 0.311 e. The summed E-state index contributed by atoms with van der Waals surface area (Å²) >= 11 is 0. The quantitative estimate of drug-likeness (QED) is 0.444. The minimum atomic E-state index is -0.425. The molecule has 0 saturated heterocycles. The molecule has 4 N–H and O–H groups in total. The van der Waals surface area contributed by atoms with Crippen LogP contribution in [0.3, 0.4) is 0 Å². The molecule has 0 aromatic carbocycles. The lowest BCUT2D eigenvalue weighted by Gasteiger charge is -2.39. The molecule has 0 amide bonds. The lowest BCUT2D eigenvalue weighted by molar-refractivity contribution is -0.384. The molecule has 0 radical (unpaired) electrons. The van der Waals surface area contributed by atoms with E-state index in [1.165, 1.54) is 18.6 Å². The first-order chi connectivity index (χ1) is 9.44. The van der Waals surface area contributed by atoms with Crippen LogP contribution in [0.4, 0.5) is 17.3 Å². The van der Waals surface area contributed by atoms with Crippen LogP contribution in [0, 0.1) is 15.5 Å². The van der Waals surface area contributed by atoms with Crippen LogP contribution < -0.4 is 16.6 Å². The predicted octanol–water partition coefficient (Wildman–Crippen LogP) is 2.66. The first kappa shape index (κ1) is 14.5. The zero-order valence-corrected chi connectivity index (χ0v) is 11.8. The zero-order valence-electron chi connectivity index (χ0n) is 11.8. The number of nitrogens with one attached hydrogen (secondary N) is 2. The summed E-state index contributed by atoms with van der Waals surface area (Å²) in [6.07, 6.45) is 4.42. The molecule has 1 atom stereocenters. The van der Waals surface area contributed by atoms with Crippen molar-refractivity contribution in [3.8, 4) is 0 Å². The topological polar surface area (TPSA) is 106 Å². The second-order valence-electron chi connectivity index (χ2n) is 5.90. The number of hydrogen-bond acceptors (Lipinski definition) is 6. The maximum atomic E-state index is 11.1. The van der Waals surface area contributed by atoms with Gasteiger partial charge in [0.15, 0.2) is 0 Å². The molecule has 20 heavy (non-hydrogen) atoms. The maximum absolute atomic E-state index is 11.1. The monoisotopic (exact) mass is 279 g/mol. The average Bonchev–Trinajstić information content (AvgIpc) is 2.40.